The summed E-state index contributed by atoms with van der Waals surface area (Å²) >= 11 is 1.08. The van der Waals surface area contributed by atoms with Gasteiger partial charge in [-0.15, -0.1) is 0 Å². The molecule has 1 aromatic heterocycles. The fraction of sp³-hybridized carbons (Fsp3) is 0.444. The van der Waals surface area contributed by atoms with Crippen LogP contribution >= 0.6 is 11.3 Å². The first kappa shape index (κ1) is 18.4. The van der Waals surface area contributed by atoms with Crippen molar-refractivity contribution in [1.82, 2.24) is 9.88 Å². The van der Waals surface area contributed by atoms with E-state index in [-0.39, 0.29) is 29.3 Å². The van der Waals surface area contributed by atoms with Gasteiger partial charge in [-0.3, -0.25) is 14.2 Å². The fourth-order valence-corrected chi connectivity index (χ4v) is 3.06. The molecule has 1 aromatic carbocycles. The standard InChI is InChI=1S/C18H24N2O3S/c1-12-11-24-17(23)20(12)10-16(22)19-9-15(21)13-5-7-14(8-6-13)18(2,3)4/h5-8,11,15,21H,9-10H2,1-4H3,(H,19,22). The Labute approximate surface area is 146 Å². The van der Waals surface area contributed by atoms with Crippen LogP contribution in [0.1, 0.15) is 43.7 Å². The summed E-state index contributed by atoms with van der Waals surface area (Å²) in [5.74, 6) is -0.288. The van der Waals surface area contributed by atoms with Gasteiger partial charge in [0.25, 0.3) is 0 Å². The molecule has 5 nitrogen and oxygen atoms in total. The molecule has 1 amide bonds. The van der Waals surface area contributed by atoms with Crippen LogP contribution in [0, 0.1) is 6.92 Å². The van der Waals surface area contributed by atoms with Gasteiger partial charge >= 0.3 is 4.87 Å². The van der Waals surface area contributed by atoms with Crippen LogP contribution in [0.25, 0.3) is 0 Å². The molecule has 0 spiro atoms. The number of carbonyl (C=O) groups excluding carboxylic acids is 1. The van der Waals surface area contributed by atoms with Crippen molar-refractivity contribution in [3.05, 3.63) is 56.1 Å². The third-order valence-electron chi connectivity index (χ3n) is 3.93. The lowest BCUT2D eigenvalue weighted by atomic mass is 9.86. The lowest BCUT2D eigenvalue weighted by Gasteiger charge is -2.20. The Kier molecular flexibility index (Phi) is 5.62. The van der Waals surface area contributed by atoms with E-state index in [0.717, 1.165) is 22.6 Å². The van der Waals surface area contributed by atoms with Crippen LogP contribution in [0.2, 0.25) is 0 Å². The molecule has 0 fully saturated rings. The molecule has 1 heterocycles. The number of aliphatic hydroxyl groups excluding tert-OH is 1. The van der Waals surface area contributed by atoms with E-state index in [1.54, 1.807) is 12.3 Å². The first-order chi connectivity index (χ1) is 11.2. The second-order valence-electron chi connectivity index (χ2n) is 6.92. The van der Waals surface area contributed by atoms with Crippen molar-refractivity contribution in [3.8, 4) is 0 Å². The van der Waals surface area contributed by atoms with Crippen molar-refractivity contribution in [3.63, 3.8) is 0 Å². The highest BCUT2D eigenvalue weighted by Gasteiger charge is 2.15. The molecule has 2 aromatic rings. The Bertz CT molecular complexity index is 754. The van der Waals surface area contributed by atoms with E-state index in [4.69, 9.17) is 0 Å². The highest BCUT2D eigenvalue weighted by molar-refractivity contribution is 7.07. The fourth-order valence-electron chi connectivity index (χ4n) is 2.33. The number of aryl methyl sites for hydroxylation is 1. The molecular formula is C18H24N2O3S. The van der Waals surface area contributed by atoms with E-state index < -0.39 is 6.10 Å². The van der Waals surface area contributed by atoms with Gasteiger partial charge < -0.3 is 10.4 Å². The number of nitrogens with zero attached hydrogens (tertiary/aromatic N) is 1. The Hall–Kier alpha value is -1.92. The van der Waals surface area contributed by atoms with Gasteiger partial charge in [0.15, 0.2) is 0 Å². The molecule has 130 valence electrons. The summed E-state index contributed by atoms with van der Waals surface area (Å²) in [4.78, 5) is 23.4. The summed E-state index contributed by atoms with van der Waals surface area (Å²) in [5, 5.41) is 14.6. The summed E-state index contributed by atoms with van der Waals surface area (Å²) in [7, 11) is 0. The molecule has 0 bridgehead atoms. The van der Waals surface area contributed by atoms with Gasteiger partial charge in [-0.25, -0.2) is 0 Å². The van der Waals surface area contributed by atoms with Crippen molar-refractivity contribution >= 4 is 17.2 Å². The number of amides is 1. The topological polar surface area (TPSA) is 71.3 Å². The Balaban J connectivity index is 1.92. The average Bonchev–Trinajstić information content (AvgIpc) is 2.84. The predicted octanol–water partition coefficient (Wildman–Crippen LogP) is 2.37. The van der Waals surface area contributed by atoms with Crippen LogP contribution in [0.3, 0.4) is 0 Å². The van der Waals surface area contributed by atoms with Crippen molar-refractivity contribution < 1.29 is 9.90 Å². The molecule has 0 saturated heterocycles. The van der Waals surface area contributed by atoms with Crippen LogP contribution in [0.5, 0.6) is 0 Å². The van der Waals surface area contributed by atoms with Gasteiger partial charge in [0.1, 0.15) is 6.54 Å². The van der Waals surface area contributed by atoms with Crippen LogP contribution in [0.4, 0.5) is 0 Å². The normalized spacial score (nSPS) is 12.9. The largest absolute Gasteiger partial charge is 0.387 e. The van der Waals surface area contributed by atoms with E-state index in [1.165, 1.54) is 10.1 Å². The molecule has 0 aliphatic carbocycles. The van der Waals surface area contributed by atoms with Crippen LogP contribution in [0.15, 0.2) is 34.4 Å². The van der Waals surface area contributed by atoms with Crippen LogP contribution in [-0.2, 0) is 16.8 Å². The highest BCUT2D eigenvalue weighted by Crippen LogP contribution is 2.23. The number of thiazole rings is 1. The minimum atomic E-state index is -0.775. The summed E-state index contributed by atoms with van der Waals surface area (Å²) in [6, 6.07) is 7.75. The Morgan fingerprint density at radius 1 is 1.29 bits per heavy atom. The number of benzene rings is 1. The predicted molar refractivity (Wildman–Crippen MR) is 96.4 cm³/mol. The van der Waals surface area contributed by atoms with Crippen molar-refractivity contribution in [1.29, 1.82) is 0 Å². The molecular weight excluding hydrogens is 324 g/mol. The van der Waals surface area contributed by atoms with Crippen LogP contribution in [-0.4, -0.2) is 22.1 Å². The van der Waals surface area contributed by atoms with Crippen molar-refractivity contribution in [2.24, 2.45) is 0 Å². The van der Waals surface area contributed by atoms with Gasteiger partial charge in [0, 0.05) is 17.6 Å². The second kappa shape index (κ2) is 7.32. The smallest absolute Gasteiger partial charge is 0.307 e. The van der Waals surface area contributed by atoms with Gasteiger partial charge in [-0.1, -0.05) is 56.4 Å². The molecule has 24 heavy (non-hydrogen) atoms. The lowest BCUT2D eigenvalue weighted by Crippen LogP contribution is -2.33. The van der Waals surface area contributed by atoms with E-state index in [0.29, 0.717) is 0 Å². The molecule has 2 N–H and O–H groups in total. The zero-order chi connectivity index (χ0) is 17.9. The molecule has 0 saturated carbocycles. The van der Waals surface area contributed by atoms with Crippen molar-refractivity contribution in [2.75, 3.05) is 6.54 Å². The maximum atomic E-state index is 12.0. The highest BCUT2D eigenvalue weighted by atomic mass is 32.1. The van der Waals surface area contributed by atoms with Crippen molar-refractivity contribution in [2.45, 2.75) is 45.8 Å². The monoisotopic (exact) mass is 348 g/mol. The summed E-state index contributed by atoms with van der Waals surface area (Å²) in [5.41, 5.74) is 2.77. The zero-order valence-corrected chi connectivity index (χ0v) is 15.3. The Morgan fingerprint density at radius 3 is 2.42 bits per heavy atom. The first-order valence-corrected chi connectivity index (χ1v) is 8.76. The average molecular weight is 348 g/mol. The van der Waals surface area contributed by atoms with Crippen LogP contribution < -0.4 is 10.2 Å². The number of rotatable bonds is 5. The Morgan fingerprint density at radius 2 is 1.92 bits per heavy atom. The molecule has 1 atom stereocenters. The number of aliphatic hydroxyl groups is 1. The summed E-state index contributed by atoms with van der Waals surface area (Å²) < 4.78 is 1.42. The summed E-state index contributed by atoms with van der Waals surface area (Å²) in [6.45, 7) is 8.28. The van der Waals surface area contributed by atoms with Gasteiger partial charge in [-0.05, 0) is 23.5 Å². The van der Waals surface area contributed by atoms with E-state index in [2.05, 4.69) is 26.1 Å². The number of aromatic nitrogens is 1. The number of carbonyl (C=O) groups is 1. The van der Waals surface area contributed by atoms with E-state index >= 15 is 0 Å². The molecule has 0 aliphatic heterocycles. The van der Waals surface area contributed by atoms with E-state index in [9.17, 15) is 14.7 Å². The first-order valence-electron chi connectivity index (χ1n) is 7.88. The third kappa shape index (κ3) is 4.55. The number of hydrogen-bond donors (Lipinski definition) is 2. The molecule has 6 heteroatoms. The van der Waals surface area contributed by atoms with E-state index in [1.807, 2.05) is 24.3 Å². The number of nitrogens with one attached hydrogen (secondary N) is 1. The van der Waals surface area contributed by atoms with Gasteiger partial charge in [-0.2, -0.15) is 0 Å². The quantitative estimate of drug-likeness (QED) is 0.871. The molecule has 0 radical (unpaired) electrons. The van der Waals surface area contributed by atoms with Gasteiger partial charge in [0.05, 0.1) is 6.10 Å². The zero-order valence-electron chi connectivity index (χ0n) is 14.5. The number of hydrogen-bond acceptors (Lipinski definition) is 4. The maximum absolute atomic E-state index is 12.0. The summed E-state index contributed by atoms with van der Waals surface area (Å²) in [6.07, 6.45) is -0.775. The lowest BCUT2D eigenvalue weighted by molar-refractivity contribution is -0.122. The molecule has 0 aliphatic rings. The molecule has 2 rings (SSSR count). The minimum Gasteiger partial charge on any atom is -0.387 e. The third-order valence-corrected chi connectivity index (χ3v) is 4.81. The maximum Gasteiger partial charge on any atom is 0.307 e. The second-order valence-corrected chi connectivity index (χ2v) is 7.74. The SMILES string of the molecule is Cc1csc(=O)n1CC(=O)NCC(O)c1ccc(C(C)(C)C)cc1. The molecule has 1 unspecified atom stereocenters. The minimum absolute atomic E-state index is 0.0240. The van der Waals surface area contributed by atoms with Gasteiger partial charge in [0.2, 0.25) is 5.91 Å².